The third kappa shape index (κ3) is 5.13. The standard InChI is InChI=1S/C26H28FN5O3S/c1-26(2,3)35-25(33)31-10-7-18(8-11-31)32-15-16(14-30-32)23-13-20-24(36-23)22(6-9-29-20)34-21-5-4-17(28)12-19(21)27/h4-6,9,12-15,18H,7-8,10-11,28H2,1-3H3. The van der Waals surface area contributed by atoms with Gasteiger partial charge in [0.25, 0.3) is 0 Å². The van der Waals surface area contributed by atoms with Gasteiger partial charge < -0.3 is 20.1 Å². The molecule has 5 rings (SSSR count). The van der Waals surface area contributed by atoms with Crippen molar-refractivity contribution in [2.45, 2.75) is 45.3 Å². The Morgan fingerprint density at radius 2 is 1.94 bits per heavy atom. The van der Waals surface area contributed by atoms with Gasteiger partial charge in [-0.3, -0.25) is 9.67 Å². The number of piperidine rings is 1. The van der Waals surface area contributed by atoms with Crippen molar-refractivity contribution in [3.05, 3.63) is 54.7 Å². The minimum Gasteiger partial charge on any atom is -0.453 e. The largest absolute Gasteiger partial charge is 0.453 e. The third-order valence-electron chi connectivity index (χ3n) is 5.93. The summed E-state index contributed by atoms with van der Waals surface area (Å²) in [6.07, 6.45) is 6.85. The van der Waals surface area contributed by atoms with Gasteiger partial charge in [-0.2, -0.15) is 5.10 Å². The SMILES string of the molecule is CC(C)(C)OC(=O)N1CCC(n2cc(-c3cc4nccc(Oc5ccc(N)cc5F)c4s3)cn2)CC1. The van der Waals surface area contributed by atoms with Crippen LogP contribution in [0.15, 0.2) is 48.9 Å². The first-order valence-electron chi connectivity index (χ1n) is 11.8. The summed E-state index contributed by atoms with van der Waals surface area (Å²) >= 11 is 1.52. The van der Waals surface area contributed by atoms with E-state index in [0.29, 0.717) is 24.5 Å². The summed E-state index contributed by atoms with van der Waals surface area (Å²) in [6, 6.07) is 8.27. The smallest absolute Gasteiger partial charge is 0.410 e. The number of benzene rings is 1. The number of amides is 1. The first kappa shape index (κ1) is 24.1. The zero-order valence-electron chi connectivity index (χ0n) is 20.4. The van der Waals surface area contributed by atoms with Crippen LogP contribution in [0.1, 0.15) is 39.7 Å². The first-order chi connectivity index (χ1) is 17.2. The maximum Gasteiger partial charge on any atom is 0.410 e. The topological polar surface area (TPSA) is 95.5 Å². The second-order valence-corrected chi connectivity index (χ2v) is 10.9. The number of thiophene rings is 1. The van der Waals surface area contributed by atoms with Gasteiger partial charge >= 0.3 is 6.09 Å². The Morgan fingerprint density at radius 1 is 1.17 bits per heavy atom. The number of nitrogens with two attached hydrogens (primary N) is 1. The fourth-order valence-corrected chi connectivity index (χ4v) is 5.20. The lowest BCUT2D eigenvalue weighted by atomic mass is 10.1. The molecule has 2 N–H and O–H groups in total. The second kappa shape index (κ2) is 9.42. The van der Waals surface area contributed by atoms with Crippen LogP contribution in [0.2, 0.25) is 0 Å². The zero-order valence-corrected chi connectivity index (χ0v) is 21.2. The number of carbonyl (C=O) groups is 1. The lowest BCUT2D eigenvalue weighted by molar-refractivity contribution is 0.0185. The number of hydrogen-bond acceptors (Lipinski definition) is 7. The van der Waals surface area contributed by atoms with E-state index in [2.05, 4.69) is 10.1 Å². The quantitative estimate of drug-likeness (QED) is 0.327. The Hall–Kier alpha value is -3.66. The van der Waals surface area contributed by atoms with E-state index >= 15 is 0 Å². The van der Waals surface area contributed by atoms with Crippen molar-refractivity contribution in [2.75, 3.05) is 18.8 Å². The van der Waals surface area contributed by atoms with Crippen molar-refractivity contribution in [1.82, 2.24) is 19.7 Å². The lowest BCUT2D eigenvalue weighted by Crippen LogP contribution is -2.42. The fraction of sp³-hybridized carbons (Fsp3) is 0.346. The van der Waals surface area contributed by atoms with Gasteiger partial charge in [-0.05, 0) is 51.8 Å². The number of carbonyl (C=O) groups excluding carboxylic acids is 1. The van der Waals surface area contributed by atoms with Crippen LogP contribution in [-0.4, -0.2) is 44.4 Å². The van der Waals surface area contributed by atoms with Gasteiger partial charge in [-0.25, -0.2) is 9.18 Å². The maximum absolute atomic E-state index is 14.3. The van der Waals surface area contributed by atoms with Crippen LogP contribution in [0, 0.1) is 5.82 Å². The van der Waals surface area contributed by atoms with Crippen LogP contribution in [0.3, 0.4) is 0 Å². The number of aromatic nitrogens is 3. The van der Waals surface area contributed by atoms with Crippen molar-refractivity contribution < 1.29 is 18.7 Å². The highest BCUT2D eigenvalue weighted by Crippen LogP contribution is 2.40. The lowest BCUT2D eigenvalue weighted by Gasteiger charge is -2.33. The number of hydrogen-bond donors (Lipinski definition) is 1. The molecule has 0 spiro atoms. The molecular weight excluding hydrogens is 481 g/mol. The van der Waals surface area contributed by atoms with Gasteiger partial charge in [0, 0.05) is 53.7 Å². The highest BCUT2D eigenvalue weighted by molar-refractivity contribution is 7.22. The molecule has 0 aliphatic carbocycles. The van der Waals surface area contributed by atoms with E-state index in [0.717, 1.165) is 33.5 Å². The number of anilines is 1. The first-order valence-corrected chi connectivity index (χ1v) is 12.6. The predicted molar refractivity (Wildman–Crippen MR) is 138 cm³/mol. The monoisotopic (exact) mass is 509 g/mol. The Kier molecular flexibility index (Phi) is 6.29. The number of rotatable bonds is 4. The van der Waals surface area contributed by atoms with E-state index in [1.54, 1.807) is 23.2 Å². The number of ether oxygens (including phenoxy) is 2. The minimum absolute atomic E-state index is 0.109. The van der Waals surface area contributed by atoms with Crippen LogP contribution in [0.4, 0.5) is 14.9 Å². The van der Waals surface area contributed by atoms with E-state index in [-0.39, 0.29) is 17.9 Å². The normalized spacial score (nSPS) is 14.8. The summed E-state index contributed by atoms with van der Waals surface area (Å²) < 4.78 is 28.4. The molecule has 0 saturated carbocycles. The van der Waals surface area contributed by atoms with E-state index in [1.807, 2.05) is 43.9 Å². The summed E-state index contributed by atoms with van der Waals surface area (Å²) in [4.78, 5) is 19.5. The van der Waals surface area contributed by atoms with E-state index in [9.17, 15) is 9.18 Å². The van der Waals surface area contributed by atoms with Gasteiger partial charge in [0.2, 0.25) is 0 Å². The molecule has 4 aromatic rings. The molecule has 0 unspecified atom stereocenters. The van der Waals surface area contributed by atoms with E-state index < -0.39 is 11.4 Å². The summed E-state index contributed by atoms with van der Waals surface area (Å²) in [5.74, 6) is 0.120. The Labute approximate surface area is 212 Å². The highest BCUT2D eigenvalue weighted by atomic mass is 32.1. The number of halogens is 1. The molecule has 1 aromatic carbocycles. The minimum atomic E-state index is -0.518. The zero-order chi connectivity index (χ0) is 25.4. The van der Waals surface area contributed by atoms with Gasteiger partial charge in [-0.1, -0.05) is 0 Å². The van der Waals surface area contributed by atoms with Crippen molar-refractivity contribution in [3.63, 3.8) is 0 Å². The molecule has 1 aliphatic rings. The van der Waals surface area contributed by atoms with Crippen molar-refractivity contribution >= 4 is 33.3 Å². The summed E-state index contributed by atoms with van der Waals surface area (Å²) in [7, 11) is 0. The summed E-state index contributed by atoms with van der Waals surface area (Å²) in [6.45, 7) is 6.88. The number of likely N-dealkylation sites (tertiary alicyclic amines) is 1. The average molecular weight is 510 g/mol. The predicted octanol–water partition coefficient (Wildman–Crippen LogP) is 6.25. The molecule has 36 heavy (non-hydrogen) atoms. The van der Waals surface area contributed by atoms with Crippen LogP contribution >= 0.6 is 11.3 Å². The number of nitrogens with zero attached hydrogens (tertiary/aromatic N) is 4. The van der Waals surface area contributed by atoms with Crippen molar-refractivity contribution in [3.8, 4) is 21.9 Å². The maximum atomic E-state index is 14.3. The average Bonchev–Trinajstić information content (AvgIpc) is 3.48. The Balaban J connectivity index is 1.30. The van der Waals surface area contributed by atoms with Gasteiger partial charge in [0.1, 0.15) is 11.4 Å². The molecule has 1 aliphatic heterocycles. The van der Waals surface area contributed by atoms with Crippen LogP contribution in [-0.2, 0) is 4.74 Å². The Morgan fingerprint density at radius 3 is 2.67 bits per heavy atom. The summed E-state index contributed by atoms with van der Waals surface area (Å²) in [5.41, 5.74) is 7.21. The van der Waals surface area contributed by atoms with Crippen LogP contribution in [0.25, 0.3) is 20.7 Å². The van der Waals surface area contributed by atoms with E-state index in [4.69, 9.17) is 15.2 Å². The van der Waals surface area contributed by atoms with Gasteiger partial charge in [0.05, 0.1) is 22.5 Å². The molecule has 4 heterocycles. The fourth-order valence-electron chi connectivity index (χ4n) is 4.16. The highest BCUT2D eigenvalue weighted by Gasteiger charge is 2.28. The van der Waals surface area contributed by atoms with Gasteiger partial charge in [-0.15, -0.1) is 11.3 Å². The molecule has 1 amide bonds. The summed E-state index contributed by atoms with van der Waals surface area (Å²) in [5, 5.41) is 4.60. The number of fused-ring (bicyclic) bond motifs is 1. The molecule has 188 valence electrons. The van der Waals surface area contributed by atoms with E-state index in [1.165, 1.54) is 23.5 Å². The number of nitrogen functional groups attached to an aromatic ring is 1. The molecule has 0 atom stereocenters. The Bertz CT molecular complexity index is 1400. The molecule has 8 nitrogen and oxygen atoms in total. The van der Waals surface area contributed by atoms with Crippen LogP contribution < -0.4 is 10.5 Å². The molecule has 0 bridgehead atoms. The molecule has 1 fully saturated rings. The third-order valence-corrected chi connectivity index (χ3v) is 7.12. The molecule has 3 aromatic heterocycles. The molecule has 1 saturated heterocycles. The van der Waals surface area contributed by atoms with Crippen molar-refractivity contribution in [2.24, 2.45) is 0 Å². The van der Waals surface area contributed by atoms with Crippen LogP contribution in [0.5, 0.6) is 11.5 Å². The molecular formula is C26H28FN5O3S. The molecule has 0 radical (unpaired) electrons. The second-order valence-electron chi connectivity index (χ2n) is 9.83. The molecule has 10 heteroatoms. The van der Waals surface area contributed by atoms with Gasteiger partial charge in [0.15, 0.2) is 11.6 Å². The number of pyridine rings is 1. The van der Waals surface area contributed by atoms with Crippen molar-refractivity contribution in [1.29, 1.82) is 0 Å².